The Kier molecular flexibility index (Phi) is 3.97. The molecule has 0 heterocycles. The van der Waals surface area contributed by atoms with Crippen molar-refractivity contribution in [3.8, 4) is 5.75 Å². The number of carbonyl (C=O) groups is 1. The SMILES string of the molecule is COC(=O)C(C)(C)Oc1ccc(Br)cc1C. The van der Waals surface area contributed by atoms with Crippen LogP contribution in [0.3, 0.4) is 0 Å². The van der Waals surface area contributed by atoms with E-state index in [-0.39, 0.29) is 0 Å². The van der Waals surface area contributed by atoms with Gasteiger partial charge in [0.05, 0.1) is 7.11 Å². The second-order valence-corrected chi connectivity index (χ2v) is 4.93. The number of esters is 1. The molecule has 0 bridgehead atoms. The zero-order valence-electron chi connectivity index (χ0n) is 9.83. The van der Waals surface area contributed by atoms with Crippen LogP contribution >= 0.6 is 15.9 Å². The Morgan fingerprint density at radius 3 is 2.50 bits per heavy atom. The van der Waals surface area contributed by atoms with Crippen LogP contribution in [-0.2, 0) is 9.53 Å². The van der Waals surface area contributed by atoms with Crippen LogP contribution < -0.4 is 4.74 Å². The van der Waals surface area contributed by atoms with E-state index in [1.54, 1.807) is 13.8 Å². The number of methoxy groups -OCH3 is 1. The number of aryl methyl sites for hydroxylation is 1. The van der Waals surface area contributed by atoms with Crippen LogP contribution in [0.2, 0.25) is 0 Å². The molecule has 0 aliphatic carbocycles. The van der Waals surface area contributed by atoms with Gasteiger partial charge in [0.1, 0.15) is 5.75 Å². The van der Waals surface area contributed by atoms with Gasteiger partial charge in [-0.15, -0.1) is 0 Å². The van der Waals surface area contributed by atoms with Crippen LogP contribution in [0.4, 0.5) is 0 Å². The summed E-state index contributed by atoms with van der Waals surface area (Å²) in [4.78, 5) is 11.5. The van der Waals surface area contributed by atoms with E-state index in [9.17, 15) is 4.79 Å². The molecule has 0 radical (unpaired) electrons. The van der Waals surface area contributed by atoms with Crippen molar-refractivity contribution in [3.05, 3.63) is 28.2 Å². The molecule has 88 valence electrons. The molecule has 0 aliphatic heterocycles. The number of ether oxygens (including phenoxy) is 2. The monoisotopic (exact) mass is 286 g/mol. The van der Waals surface area contributed by atoms with E-state index in [1.165, 1.54) is 7.11 Å². The number of hydrogen-bond acceptors (Lipinski definition) is 3. The Morgan fingerprint density at radius 1 is 1.38 bits per heavy atom. The van der Waals surface area contributed by atoms with Crippen molar-refractivity contribution in [3.63, 3.8) is 0 Å². The van der Waals surface area contributed by atoms with Crippen molar-refractivity contribution < 1.29 is 14.3 Å². The second-order valence-electron chi connectivity index (χ2n) is 4.01. The minimum absolute atomic E-state index is 0.394. The summed E-state index contributed by atoms with van der Waals surface area (Å²) in [6, 6.07) is 5.63. The quantitative estimate of drug-likeness (QED) is 0.801. The van der Waals surface area contributed by atoms with Crippen LogP contribution in [0.25, 0.3) is 0 Å². The molecule has 0 fully saturated rings. The van der Waals surface area contributed by atoms with Gasteiger partial charge in [-0.2, -0.15) is 0 Å². The maximum Gasteiger partial charge on any atom is 0.349 e. The molecule has 0 aliphatic rings. The fourth-order valence-corrected chi connectivity index (χ4v) is 1.77. The standard InChI is InChI=1S/C12H15BrO3/c1-8-7-9(13)5-6-10(8)16-12(2,3)11(14)15-4/h5-7H,1-4H3. The zero-order valence-corrected chi connectivity index (χ0v) is 11.4. The first-order valence-electron chi connectivity index (χ1n) is 4.90. The summed E-state index contributed by atoms with van der Waals surface area (Å²) in [6.07, 6.45) is 0. The number of carbonyl (C=O) groups excluding carboxylic acids is 1. The summed E-state index contributed by atoms with van der Waals surface area (Å²) in [5.41, 5.74) is -0.0146. The highest BCUT2D eigenvalue weighted by molar-refractivity contribution is 9.10. The van der Waals surface area contributed by atoms with Crippen molar-refractivity contribution in [1.29, 1.82) is 0 Å². The third kappa shape index (κ3) is 2.98. The molecule has 1 aromatic carbocycles. The van der Waals surface area contributed by atoms with Crippen molar-refractivity contribution >= 4 is 21.9 Å². The van der Waals surface area contributed by atoms with E-state index in [0.717, 1.165) is 10.0 Å². The predicted molar refractivity (Wildman–Crippen MR) is 65.6 cm³/mol. The van der Waals surface area contributed by atoms with Gasteiger partial charge < -0.3 is 9.47 Å². The molecular weight excluding hydrogens is 272 g/mol. The number of halogens is 1. The lowest BCUT2D eigenvalue weighted by molar-refractivity contribution is -0.156. The Bertz CT molecular complexity index is 399. The van der Waals surface area contributed by atoms with Crippen molar-refractivity contribution in [2.24, 2.45) is 0 Å². The van der Waals surface area contributed by atoms with E-state index in [0.29, 0.717) is 5.75 Å². The molecule has 4 heteroatoms. The topological polar surface area (TPSA) is 35.5 Å². The smallest absolute Gasteiger partial charge is 0.349 e. The predicted octanol–water partition coefficient (Wildman–Crippen LogP) is 3.09. The van der Waals surface area contributed by atoms with Gasteiger partial charge in [-0.05, 0) is 44.5 Å². The Labute approximate surface area is 104 Å². The molecule has 0 saturated carbocycles. The fraction of sp³-hybridized carbons (Fsp3) is 0.417. The molecule has 1 rings (SSSR count). The van der Waals surface area contributed by atoms with Crippen LogP contribution in [0.15, 0.2) is 22.7 Å². The molecular formula is C12H15BrO3. The molecule has 0 aromatic heterocycles. The lowest BCUT2D eigenvalue weighted by atomic mass is 10.1. The summed E-state index contributed by atoms with van der Waals surface area (Å²) < 4.78 is 11.3. The van der Waals surface area contributed by atoms with Gasteiger partial charge >= 0.3 is 5.97 Å². The molecule has 0 saturated heterocycles. The van der Waals surface area contributed by atoms with Crippen molar-refractivity contribution in [1.82, 2.24) is 0 Å². The first-order chi connectivity index (χ1) is 7.36. The van der Waals surface area contributed by atoms with Crippen LogP contribution in [0.5, 0.6) is 5.75 Å². The normalized spacial score (nSPS) is 11.1. The average Bonchev–Trinajstić information content (AvgIpc) is 2.21. The maximum atomic E-state index is 11.5. The molecule has 3 nitrogen and oxygen atoms in total. The van der Waals surface area contributed by atoms with Crippen molar-refractivity contribution in [2.75, 3.05) is 7.11 Å². The highest BCUT2D eigenvalue weighted by atomic mass is 79.9. The molecule has 1 aromatic rings. The Morgan fingerprint density at radius 2 is 2.00 bits per heavy atom. The van der Waals surface area contributed by atoms with Crippen molar-refractivity contribution in [2.45, 2.75) is 26.4 Å². The van der Waals surface area contributed by atoms with Crippen LogP contribution in [0, 0.1) is 6.92 Å². The van der Waals surface area contributed by atoms with Gasteiger partial charge in [-0.1, -0.05) is 15.9 Å². The first kappa shape index (κ1) is 13.0. The van der Waals surface area contributed by atoms with E-state index in [4.69, 9.17) is 4.74 Å². The zero-order chi connectivity index (χ0) is 12.3. The number of benzene rings is 1. The summed E-state index contributed by atoms with van der Waals surface area (Å²) in [7, 11) is 1.35. The average molecular weight is 287 g/mol. The van der Waals surface area contributed by atoms with Gasteiger partial charge in [0, 0.05) is 4.47 Å². The Hall–Kier alpha value is -1.03. The molecule has 0 spiro atoms. The summed E-state index contributed by atoms with van der Waals surface area (Å²) in [5, 5.41) is 0. The van der Waals surface area contributed by atoms with Crippen LogP contribution in [0.1, 0.15) is 19.4 Å². The number of rotatable bonds is 3. The molecule has 0 atom stereocenters. The largest absolute Gasteiger partial charge is 0.476 e. The van der Waals surface area contributed by atoms with Gasteiger partial charge in [-0.25, -0.2) is 4.79 Å². The van der Waals surface area contributed by atoms with Gasteiger partial charge in [0.15, 0.2) is 5.60 Å². The lowest BCUT2D eigenvalue weighted by Gasteiger charge is -2.24. The van der Waals surface area contributed by atoms with Crippen LogP contribution in [-0.4, -0.2) is 18.7 Å². The van der Waals surface area contributed by atoms with Gasteiger partial charge in [-0.3, -0.25) is 0 Å². The summed E-state index contributed by atoms with van der Waals surface area (Å²) in [6.45, 7) is 5.29. The second kappa shape index (κ2) is 4.87. The highest BCUT2D eigenvalue weighted by Gasteiger charge is 2.31. The third-order valence-corrected chi connectivity index (χ3v) is 2.67. The first-order valence-corrected chi connectivity index (χ1v) is 5.69. The fourth-order valence-electron chi connectivity index (χ4n) is 1.29. The van der Waals surface area contributed by atoms with Gasteiger partial charge in [0.2, 0.25) is 0 Å². The van der Waals surface area contributed by atoms with E-state index in [2.05, 4.69) is 20.7 Å². The Balaban J connectivity index is 2.92. The molecule has 0 N–H and O–H groups in total. The third-order valence-electron chi connectivity index (χ3n) is 2.18. The summed E-state index contributed by atoms with van der Waals surface area (Å²) >= 11 is 3.37. The highest BCUT2D eigenvalue weighted by Crippen LogP contribution is 2.26. The van der Waals surface area contributed by atoms with E-state index >= 15 is 0 Å². The van der Waals surface area contributed by atoms with Gasteiger partial charge in [0.25, 0.3) is 0 Å². The minimum Gasteiger partial charge on any atom is -0.476 e. The van der Waals surface area contributed by atoms with E-state index in [1.807, 2.05) is 25.1 Å². The molecule has 0 unspecified atom stereocenters. The molecule has 0 amide bonds. The molecule has 16 heavy (non-hydrogen) atoms. The summed E-state index contributed by atoms with van der Waals surface area (Å²) in [5.74, 6) is 0.286. The van der Waals surface area contributed by atoms with E-state index < -0.39 is 11.6 Å². The lowest BCUT2D eigenvalue weighted by Crippen LogP contribution is -2.39. The maximum absolute atomic E-state index is 11.5. The number of hydrogen-bond donors (Lipinski definition) is 0. The minimum atomic E-state index is -0.979.